The van der Waals surface area contributed by atoms with Gasteiger partial charge in [-0.15, -0.1) is 0 Å². The first-order valence-electron chi connectivity index (χ1n) is 11.8. The van der Waals surface area contributed by atoms with Crippen LogP contribution in [0.15, 0.2) is 60.7 Å². The Morgan fingerprint density at radius 2 is 1.39 bits per heavy atom. The van der Waals surface area contributed by atoms with E-state index in [-0.39, 0.29) is 17.4 Å². The van der Waals surface area contributed by atoms with E-state index in [9.17, 15) is 13.2 Å². The number of nitrogens with one attached hydrogen (secondary N) is 1. The van der Waals surface area contributed by atoms with Crippen LogP contribution in [0.3, 0.4) is 0 Å². The van der Waals surface area contributed by atoms with Crippen LogP contribution in [0.25, 0.3) is 0 Å². The SMILES string of the molecule is O=C(NCCN1CCN(Cc2ccccc2)CC1)C(c1ccccc1)N1CCS(=O)(=O)CC1. The van der Waals surface area contributed by atoms with E-state index in [1.54, 1.807) is 0 Å². The molecular weight excluding hydrogens is 436 g/mol. The lowest BCUT2D eigenvalue weighted by Crippen LogP contribution is -2.50. The average molecular weight is 471 g/mol. The fourth-order valence-corrected chi connectivity index (χ4v) is 5.82. The van der Waals surface area contributed by atoms with Gasteiger partial charge in [0.15, 0.2) is 9.84 Å². The van der Waals surface area contributed by atoms with Gasteiger partial charge in [0.05, 0.1) is 11.5 Å². The van der Waals surface area contributed by atoms with Gasteiger partial charge < -0.3 is 5.32 Å². The number of benzene rings is 2. The maximum Gasteiger partial charge on any atom is 0.242 e. The molecule has 2 fully saturated rings. The molecule has 2 aromatic carbocycles. The zero-order valence-corrected chi connectivity index (χ0v) is 19.9. The van der Waals surface area contributed by atoms with Gasteiger partial charge in [-0.2, -0.15) is 0 Å². The van der Waals surface area contributed by atoms with Gasteiger partial charge in [-0.3, -0.25) is 19.5 Å². The molecule has 4 rings (SSSR count). The molecule has 8 heteroatoms. The van der Waals surface area contributed by atoms with Crippen molar-refractivity contribution >= 4 is 15.7 Å². The molecule has 178 valence electrons. The van der Waals surface area contributed by atoms with Crippen molar-refractivity contribution in [1.29, 1.82) is 0 Å². The summed E-state index contributed by atoms with van der Waals surface area (Å²) in [7, 11) is -3.00. The first kappa shape index (κ1) is 23.9. The Bertz CT molecular complexity index is 979. The molecule has 0 aliphatic carbocycles. The van der Waals surface area contributed by atoms with Gasteiger partial charge in [0, 0.05) is 58.9 Å². The number of carbonyl (C=O) groups excluding carboxylic acids is 1. The lowest BCUT2D eigenvalue weighted by molar-refractivity contribution is -0.126. The fraction of sp³-hybridized carbons (Fsp3) is 0.480. The quantitative estimate of drug-likeness (QED) is 0.629. The molecule has 1 N–H and O–H groups in total. The maximum absolute atomic E-state index is 13.2. The van der Waals surface area contributed by atoms with Crippen molar-refractivity contribution in [1.82, 2.24) is 20.0 Å². The fourth-order valence-electron chi connectivity index (χ4n) is 4.59. The molecule has 7 nitrogen and oxygen atoms in total. The molecule has 2 aromatic rings. The van der Waals surface area contributed by atoms with Crippen LogP contribution in [0, 0.1) is 0 Å². The number of piperazine rings is 1. The minimum Gasteiger partial charge on any atom is -0.353 e. The van der Waals surface area contributed by atoms with Gasteiger partial charge in [0.1, 0.15) is 6.04 Å². The summed E-state index contributed by atoms with van der Waals surface area (Å²) in [5.41, 5.74) is 2.25. The largest absolute Gasteiger partial charge is 0.353 e. The molecule has 2 saturated heterocycles. The molecule has 0 radical (unpaired) electrons. The van der Waals surface area contributed by atoms with E-state index < -0.39 is 15.9 Å². The second-order valence-electron chi connectivity index (χ2n) is 8.90. The van der Waals surface area contributed by atoms with E-state index >= 15 is 0 Å². The van der Waals surface area contributed by atoms with Crippen molar-refractivity contribution in [3.63, 3.8) is 0 Å². The van der Waals surface area contributed by atoms with E-state index in [4.69, 9.17) is 0 Å². The minimum absolute atomic E-state index is 0.0526. The van der Waals surface area contributed by atoms with Gasteiger partial charge >= 0.3 is 0 Å². The Morgan fingerprint density at radius 3 is 2.03 bits per heavy atom. The third kappa shape index (κ3) is 6.86. The highest BCUT2D eigenvalue weighted by Gasteiger charge is 2.32. The van der Waals surface area contributed by atoms with Gasteiger partial charge in [0.25, 0.3) is 0 Å². The van der Waals surface area contributed by atoms with Crippen molar-refractivity contribution in [2.45, 2.75) is 12.6 Å². The summed E-state index contributed by atoms with van der Waals surface area (Å²) in [6.07, 6.45) is 0. The van der Waals surface area contributed by atoms with E-state index in [1.807, 2.05) is 41.3 Å². The number of rotatable bonds is 8. The number of amides is 1. The molecule has 2 aliphatic heterocycles. The van der Waals surface area contributed by atoms with Crippen molar-refractivity contribution in [3.8, 4) is 0 Å². The first-order chi connectivity index (χ1) is 16.0. The van der Waals surface area contributed by atoms with Gasteiger partial charge in [0.2, 0.25) is 5.91 Å². The monoisotopic (exact) mass is 470 g/mol. The predicted molar refractivity (Wildman–Crippen MR) is 131 cm³/mol. The van der Waals surface area contributed by atoms with Crippen LogP contribution in [0.2, 0.25) is 0 Å². The van der Waals surface area contributed by atoms with Crippen molar-refractivity contribution in [2.24, 2.45) is 0 Å². The Hall–Kier alpha value is -2.26. The molecule has 0 bridgehead atoms. The highest BCUT2D eigenvalue weighted by Crippen LogP contribution is 2.23. The summed E-state index contributed by atoms with van der Waals surface area (Å²) >= 11 is 0. The zero-order valence-electron chi connectivity index (χ0n) is 19.1. The van der Waals surface area contributed by atoms with E-state index in [2.05, 4.69) is 39.4 Å². The second-order valence-corrected chi connectivity index (χ2v) is 11.2. The number of hydrogen-bond donors (Lipinski definition) is 1. The second kappa shape index (κ2) is 11.2. The van der Waals surface area contributed by atoms with Crippen molar-refractivity contribution < 1.29 is 13.2 Å². The maximum atomic E-state index is 13.2. The average Bonchev–Trinajstić information content (AvgIpc) is 2.83. The highest BCUT2D eigenvalue weighted by molar-refractivity contribution is 7.91. The van der Waals surface area contributed by atoms with Crippen LogP contribution in [-0.4, -0.2) is 92.9 Å². The lowest BCUT2D eigenvalue weighted by atomic mass is 10.0. The van der Waals surface area contributed by atoms with E-state index in [0.717, 1.165) is 44.8 Å². The van der Waals surface area contributed by atoms with Gasteiger partial charge in [-0.05, 0) is 11.1 Å². The molecule has 1 atom stereocenters. The smallest absolute Gasteiger partial charge is 0.242 e. The third-order valence-electron chi connectivity index (χ3n) is 6.55. The molecule has 2 aliphatic rings. The normalized spacial score (nSPS) is 20.8. The summed E-state index contributed by atoms with van der Waals surface area (Å²) in [4.78, 5) is 20.0. The molecule has 2 heterocycles. The predicted octanol–water partition coefficient (Wildman–Crippen LogP) is 1.39. The first-order valence-corrected chi connectivity index (χ1v) is 13.6. The van der Waals surface area contributed by atoms with E-state index in [0.29, 0.717) is 19.6 Å². The van der Waals surface area contributed by atoms with Crippen LogP contribution < -0.4 is 5.32 Å². The Balaban J connectivity index is 1.26. The van der Waals surface area contributed by atoms with Crippen LogP contribution >= 0.6 is 0 Å². The summed E-state index contributed by atoms with van der Waals surface area (Å²) in [6, 6.07) is 19.8. The van der Waals surface area contributed by atoms with Crippen LogP contribution in [-0.2, 0) is 21.2 Å². The van der Waals surface area contributed by atoms with Crippen LogP contribution in [0.4, 0.5) is 0 Å². The Morgan fingerprint density at radius 1 is 0.818 bits per heavy atom. The molecule has 1 unspecified atom stereocenters. The van der Waals surface area contributed by atoms with Crippen LogP contribution in [0.1, 0.15) is 17.2 Å². The summed E-state index contributed by atoms with van der Waals surface area (Å²) in [5.74, 6) is 0.163. The lowest BCUT2D eigenvalue weighted by Gasteiger charge is -2.35. The summed E-state index contributed by atoms with van der Waals surface area (Å²) in [6.45, 7) is 7.21. The summed E-state index contributed by atoms with van der Waals surface area (Å²) < 4.78 is 23.7. The van der Waals surface area contributed by atoms with Gasteiger partial charge in [-0.1, -0.05) is 60.7 Å². The zero-order chi connectivity index (χ0) is 23.1. The topological polar surface area (TPSA) is 73.0 Å². The molecule has 0 spiro atoms. The van der Waals surface area contributed by atoms with Gasteiger partial charge in [-0.25, -0.2) is 8.42 Å². The number of hydrogen-bond acceptors (Lipinski definition) is 6. The number of nitrogens with zero attached hydrogens (tertiary/aromatic N) is 3. The molecule has 0 saturated carbocycles. The standard InChI is InChI=1S/C25H34N4O3S/c30-25(24(23-9-5-2-6-10-23)29-17-19-33(31,32)20-18-29)26-11-12-27-13-15-28(16-14-27)21-22-7-3-1-4-8-22/h1-10,24H,11-21H2,(H,26,30). The third-order valence-corrected chi connectivity index (χ3v) is 8.16. The molecule has 1 amide bonds. The van der Waals surface area contributed by atoms with Crippen molar-refractivity contribution in [2.75, 3.05) is 63.9 Å². The summed E-state index contributed by atoms with van der Waals surface area (Å²) in [5, 5.41) is 3.11. The van der Waals surface area contributed by atoms with E-state index in [1.165, 1.54) is 5.56 Å². The number of carbonyl (C=O) groups is 1. The number of sulfone groups is 1. The molecular formula is C25H34N4O3S. The van der Waals surface area contributed by atoms with Crippen LogP contribution in [0.5, 0.6) is 0 Å². The molecule has 33 heavy (non-hydrogen) atoms. The Labute approximate surface area is 197 Å². The minimum atomic E-state index is -3.00. The Kier molecular flexibility index (Phi) is 8.14. The molecule has 0 aromatic heterocycles. The van der Waals surface area contributed by atoms with Crippen molar-refractivity contribution in [3.05, 3.63) is 71.8 Å². The highest BCUT2D eigenvalue weighted by atomic mass is 32.2.